The smallest absolute Gasteiger partial charge is 0.238 e. The zero-order valence-electron chi connectivity index (χ0n) is 16.0. The molecule has 0 unspecified atom stereocenters. The summed E-state index contributed by atoms with van der Waals surface area (Å²) in [6.45, 7) is 3.50. The molecule has 0 radical (unpaired) electrons. The van der Waals surface area contributed by atoms with Crippen molar-refractivity contribution in [2.75, 3.05) is 50.1 Å². The molecular formula is C21H24BrN3O4. The first-order valence-electron chi connectivity index (χ1n) is 9.47. The molecule has 8 heteroatoms. The summed E-state index contributed by atoms with van der Waals surface area (Å²) in [4.78, 5) is 26.2. The van der Waals surface area contributed by atoms with Crippen molar-refractivity contribution >= 4 is 39.1 Å². The molecule has 1 saturated heterocycles. The van der Waals surface area contributed by atoms with Crippen LogP contribution in [-0.4, -0.2) is 56.2 Å². The van der Waals surface area contributed by atoms with E-state index >= 15 is 0 Å². The highest BCUT2D eigenvalue weighted by molar-refractivity contribution is 9.10. The van der Waals surface area contributed by atoms with Crippen LogP contribution in [0, 0.1) is 0 Å². The highest BCUT2D eigenvalue weighted by atomic mass is 79.9. The van der Waals surface area contributed by atoms with E-state index < -0.39 is 0 Å². The van der Waals surface area contributed by atoms with Crippen molar-refractivity contribution in [3.8, 4) is 5.75 Å². The van der Waals surface area contributed by atoms with E-state index in [1.165, 1.54) is 0 Å². The molecule has 2 aromatic rings. The summed E-state index contributed by atoms with van der Waals surface area (Å²) in [6, 6.07) is 14.5. The van der Waals surface area contributed by atoms with Gasteiger partial charge in [-0.1, -0.05) is 22.0 Å². The van der Waals surface area contributed by atoms with Gasteiger partial charge in [-0.25, -0.2) is 0 Å². The number of hydrogen-bond acceptors (Lipinski definition) is 5. The minimum atomic E-state index is -0.135. The van der Waals surface area contributed by atoms with Crippen molar-refractivity contribution in [2.24, 2.45) is 0 Å². The van der Waals surface area contributed by atoms with Crippen LogP contribution in [0.2, 0.25) is 0 Å². The molecule has 2 amide bonds. The molecule has 0 spiro atoms. The average Bonchev–Trinajstić information content (AvgIpc) is 2.70. The Morgan fingerprint density at radius 3 is 2.31 bits per heavy atom. The Balaban J connectivity index is 1.38. The summed E-state index contributed by atoms with van der Waals surface area (Å²) in [5.41, 5.74) is 1.36. The fraction of sp³-hybridized carbons (Fsp3) is 0.333. The van der Waals surface area contributed by atoms with Gasteiger partial charge in [0.1, 0.15) is 5.75 Å². The molecule has 154 valence electrons. The lowest BCUT2D eigenvalue weighted by Crippen LogP contribution is -2.41. The Bertz CT molecular complexity index is 823. The summed E-state index contributed by atoms with van der Waals surface area (Å²) in [5.74, 6) is 0.516. The molecular weight excluding hydrogens is 438 g/mol. The number of benzene rings is 2. The number of halogens is 1. The van der Waals surface area contributed by atoms with E-state index in [0.717, 1.165) is 17.6 Å². The maximum atomic E-state index is 12.1. The predicted molar refractivity (Wildman–Crippen MR) is 115 cm³/mol. The van der Waals surface area contributed by atoms with Crippen LogP contribution in [0.25, 0.3) is 0 Å². The summed E-state index contributed by atoms with van der Waals surface area (Å²) in [5, 5.41) is 5.69. The Morgan fingerprint density at radius 1 is 1.00 bits per heavy atom. The maximum Gasteiger partial charge on any atom is 0.238 e. The van der Waals surface area contributed by atoms with Crippen LogP contribution in [-0.2, 0) is 14.3 Å². The lowest BCUT2D eigenvalue weighted by Gasteiger charge is -2.25. The largest absolute Gasteiger partial charge is 0.493 e. The van der Waals surface area contributed by atoms with Crippen molar-refractivity contribution in [1.82, 2.24) is 4.90 Å². The van der Waals surface area contributed by atoms with Crippen LogP contribution >= 0.6 is 15.9 Å². The number of amides is 2. The number of hydrogen-bond donors (Lipinski definition) is 2. The number of ether oxygens (including phenoxy) is 2. The monoisotopic (exact) mass is 461 g/mol. The van der Waals surface area contributed by atoms with Gasteiger partial charge in [0.2, 0.25) is 11.8 Å². The van der Waals surface area contributed by atoms with Gasteiger partial charge in [-0.15, -0.1) is 0 Å². The molecule has 2 aromatic carbocycles. The Hall–Kier alpha value is -2.42. The number of nitrogens with one attached hydrogen (secondary N) is 2. The second-order valence-electron chi connectivity index (χ2n) is 6.62. The van der Waals surface area contributed by atoms with Crippen LogP contribution in [0.5, 0.6) is 5.75 Å². The summed E-state index contributed by atoms with van der Waals surface area (Å²) >= 11 is 3.38. The molecule has 29 heavy (non-hydrogen) atoms. The maximum absolute atomic E-state index is 12.1. The molecule has 3 rings (SSSR count). The third-order valence-electron chi connectivity index (χ3n) is 4.32. The van der Waals surface area contributed by atoms with Gasteiger partial charge in [0.25, 0.3) is 0 Å². The van der Waals surface area contributed by atoms with Crippen molar-refractivity contribution in [2.45, 2.75) is 6.42 Å². The lowest BCUT2D eigenvalue weighted by molar-refractivity contribution is -0.118. The summed E-state index contributed by atoms with van der Waals surface area (Å²) in [6.07, 6.45) is 0.241. The average molecular weight is 462 g/mol. The standard InChI is InChI=1S/C21H24BrN3O4/c22-16-2-1-3-19(14-16)29-11-8-20(26)23-17-4-6-18(7-5-17)24-21(27)15-25-9-12-28-13-10-25/h1-7,14H,8-13,15H2,(H,23,26)(H,24,27). The minimum Gasteiger partial charge on any atom is -0.493 e. The third kappa shape index (κ3) is 7.49. The molecule has 1 aliphatic heterocycles. The van der Waals surface area contributed by atoms with Gasteiger partial charge in [-0.2, -0.15) is 0 Å². The van der Waals surface area contributed by atoms with Crippen molar-refractivity contribution in [1.29, 1.82) is 0 Å². The molecule has 1 heterocycles. The number of carbonyl (C=O) groups excluding carboxylic acids is 2. The van der Waals surface area contributed by atoms with E-state index in [9.17, 15) is 9.59 Å². The van der Waals surface area contributed by atoms with E-state index in [1.54, 1.807) is 24.3 Å². The lowest BCUT2D eigenvalue weighted by atomic mass is 10.2. The van der Waals surface area contributed by atoms with E-state index in [-0.39, 0.29) is 24.8 Å². The van der Waals surface area contributed by atoms with Crippen LogP contribution in [0.15, 0.2) is 53.0 Å². The van der Waals surface area contributed by atoms with Crippen molar-refractivity contribution in [3.05, 3.63) is 53.0 Å². The topological polar surface area (TPSA) is 79.9 Å². The normalized spacial score (nSPS) is 14.2. The number of anilines is 2. The fourth-order valence-corrected chi connectivity index (χ4v) is 3.22. The zero-order chi connectivity index (χ0) is 20.5. The fourth-order valence-electron chi connectivity index (χ4n) is 2.84. The predicted octanol–water partition coefficient (Wildman–Crippen LogP) is 3.13. The second kappa shape index (κ2) is 10.9. The van der Waals surface area contributed by atoms with Gasteiger partial charge in [0, 0.05) is 28.9 Å². The van der Waals surface area contributed by atoms with Gasteiger partial charge < -0.3 is 20.1 Å². The first kappa shape index (κ1) is 21.3. The Morgan fingerprint density at radius 2 is 1.66 bits per heavy atom. The van der Waals surface area contributed by atoms with Crippen LogP contribution in [0.1, 0.15) is 6.42 Å². The van der Waals surface area contributed by atoms with Gasteiger partial charge >= 0.3 is 0 Å². The molecule has 0 aliphatic carbocycles. The molecule has 0 atom stereocenters. The molecule has 0 bridgehead atoms. The van der Waals surface area contributed by atoms with E-state index in [1.807, 2.05) is 24.3 Å². The molecule has 0 saturated carbocycles. The second-order valence-corrected chi connectivity index (χ2v) is 7.53. The number of morpholine rings is 1. The van der Waals surface area contributed by atoms with Crippen molar-refractivity contribution in [3.63, 3.8) is 0 Å². The van der Waals surface area contributed by atoms with E-state index in [0.29, 0.717) is 36.9 Å². The highest BCUT2D eigenvalue weighted by Crippen LogP contribution is 2.18. The van der Waals surface area contributed by atoms with Crippen molar-refractivity contribution < 1.29 is 19.1 Å². The van der Waals surface area contributed by atoms with Gasteiger partial charge in [-0.3, -0.25) is 14.5 Å². The SMILES string of the molecule is O=C(CCOc1cccc(Br)c1)Nc1ccc(NC(=O)CN2CCOCC2)cc1. The van der Waals surface area contributed by atoms with E-state index in [2.05, 4.69) is 31.5 Å². The van der Waals surface area contributed by atoms with Gasteiger partial charge in [0.15, 0.2) is 0 Å². The molecule has 2 N–H and O–H groups in total. The number of nitrogens with zero attached hydrogens (tertiary/aromatic N) is 1. The van der Waals surface area contributed by atoms with Gasteiger partial charge in [0.05, 0.1) is 32.8 Å². The first-order chi connectivity index (χ1) is 14.1. The van der Waals surface area contributed by atoms with Crippen LogP contribution in [0.3, 0.4) is 0 Å². The quantitative estimate of drug-likeness (QED) is 0.631. The number of rotatable bonds is 8. The molecule has 1 fully saturated rings. The molecule has 7 nitrogen and oxygen atoms in total. The number of carbonyl (C=O) groups is 2. The Kier molecular flexibility index (Phi) is 8.03. The highest BCUT2D eigenvalue weighted by Gasteiger charge is 2.14. The summed E-state index contributed by atoms with van der Waals surface area (Å²) in [7, 11) is 0. The van der Waals surface area contributed by atoms with Crippen LogP contribution < -0.4 is 15.4 Å². The van der Waals surface area contributed by atoms with Crippen LogP contribution in [0.4, 0.5) is 11.4 Å². The zero-order valence-corrected chi connectivity index (χ0v) is 17.6. The molecule has 0 aromatic heterocycles. The summed E-state index contributed by atoms with van der Waals surface area (Å²) < 4.78 is 11.8. The first-order valence-corrected chi connectivity index (χ1v) is 10.3. The minimum absolute atomic E-state index is 0.0617. The van der Waals surface area contributed by atoms with E-state index in [4.69, 9.17) is 9.47 Å². The Labute approximate surface area is 178 Å². The van der Waals surface area contributed by atoms with Gasteiger partial charge in [-0.05, 0) is 42.5 Å². The third-order valence-corrected chi connectivity index (χ3v) is 4.81. The molecule has 1 aliphatic rings.